The maximum Gasteiger partial charge on any atom is 0.240 e. The molecule has 3 N–H and O–H groups in total. The van der Waals surface area contributed by atoms with Crippen molar-refractivity contribution in [2.24, 2.45) is 11.7 Å². The molecule has 0 aromatic carbocycles. The fourth-order valence-corrected chi connectivity index (χ4v) is 1.79. The Morgan fingerprint density at radius 1 is 1.69 bits per heavy atom. The molecule has 1 aliphatic rings. The van der Waals surface area contributed by atoms with Crippen LogP contribution in [0, 0.1) is 5.92 Å². The SMILES string of the molecule is CCC(C)C(N)C(=O)N1CCOCC1CO. The molecular formula is C11H22N2O3. The third-order valence-electron chi connectivity index (χ3n) is 3.26. The van der Waals surface area contributed by atoms with Crippen molar-refractivity contribution in [2.45, 2.75) is 32.4 Å². The Labute approximate surface area is 96.6 Å². The van der Waals surface area contributed by atoms with Crippen LogP contribution in [0.3, 0.4) is 0 Å². The number of hydrogen-bond donors (Lipinski definition) is 2. The number of morpholine rings is 1. The van der Waals surface area contributed by atoms with Crippen LogP contribution < -0.4 is 5.73 Å². The predicted octanol–water partition coefficient (Wildman–Crippen LogP) is -0.420. The summed E-state index contributed by atoms with van der Waals surface area (Å²) in [5.74, 6) is 0.0892. The van der Waals surface area contributed by atoms with Crippen molar-refractivity contribution in [3.63, 3.8) is 0 Å². The third-order valence-corrected chi connectivity index (χ3v) is 3.26. The third kappa shape index (κ3) is 2.93. The minimum Gasteiger partial charge on any atom is -0.394 e. The molecule has 0 spiro atoms. The number of rotatable bonds is 4. The van der Waals surface area contributed by atoms with E-state index in [1.165, 1.54) is 0 Å². The fourth-order valence-electron chi connectivity index (χ4n) is 1.79. The first-order valence-corrected chi connectivity index (χ1v) is 5.86. The first-order valence-electron chi connectivity index (χ1n) is 5.86. The van der Waals surface area contributed by atoms with Gasteiger partial charge in [-0.3, -0.25) is 4.79 Å². The van der Waals surface area contributed by atoms with Gasteiger partial charge in [0.1, 0.15) is 0 Å². The van der Waals surface area contributed by atoms with E-state index in [0.29, 0.717) is 19.8 Å². The Bertz CT molecular complexity index is 235. The van der Waals surface area contributed by atoms with Gasteiger partial charge in [0.05, 0.1) is 31.9 Å². The van der Waals surface area contributed by atoms with E-state index in [0.717, 1.165) is 6.42 Å². The van der Waals surface area contributed by atoms with Crippen molar-refractivity contribution in [1.29, 1.82) is 0 Å². The van der Waals surface area contributed by atoms with Gasteiger partial charge in [-0.1, -0.05) is 20.3 Å². The predicted molar refractivity (Wildman–Crippen MR) is 60.8 cm³/mol. The zero-order chi connectivity index (χ0) is 12.1. The number of ether oxygens (including phenoxy) is 1. The Balaban J connectivity index is 2.63. The van der Waals surface area contributed by atoms with Crippen LogP contribution in [0.1, 0.15) is 20.3 Å². The second-order valence-electron chi connectivity index (χ2n) is 4.35. The molecule has 3 atom stereocenters. The van der Waals surface area contributed by atoms with Crippen molar-refractivity contribution in [3.05, 3.63) is 0 Å². The summed E-state index contributed by atoms with van der Waals surface area (Å²) < 4.78 is 5.23. The van der Waals surface area contributed by atoms with Gasteiger partial charge in [0, 0.05) is 6.54 Å². The summed E-state index contributed by atoms with van der Waals surface area (Å²) in [7, 11) is 0. The molecular weight excluding hydrogens is 208 g/mol. The molecule has 16 heavy (non-hydrogen) atoms. The van der Waals surface area contributed by atoms with Crippen LogP contribution in [0.4, 0.5) is 0 Å². The molecule has 5 heteroatoms. The molecule has 1 fully saturated rings. The highest BCUT2D eigenvalue weighted by Gasteiger charge is 2.31. The molecule has 1 heterocycles. The number of carbonyl (C=O) groups is 1. The molecule has 1 saturated heterocycles. The quantitative estimate of drug-likeness (QED) is 0.688. The molecule has 3 unspecified atom stereocenters. The largest absolute Gasteiger partial charge is 0.394 e. The van der Waals surface area contributed by atoms with E-state index in [1.54, 1.807) is 4.90 Å². The summed E-state index contributed by atoms with van der Waals surface area (Å²) in [6.45, 7) is 5.36. The Kier molecular flexibility index (Phi) is 5.18. The molecule has 1 rings (SSSR count). The van der Waals surface area contributed by atoms with Gasteiger partial charge in [0.25, 0.3) is 0 Å². The van der Waals surface area contributed by atoms with E-state index in [-0.39, 0.29) is 24.5 Å². The lowest BCUT2D eigenvalue weighted by atomic mass is 9.98. The van der Waals surface area contributed by atoms with Crippen LogP contribution in [0.5, 0.6) is 0 Å². The van der Waals surface area contributed by atoms with Gasteiger partial charge < -0.3 is 20.5 Å². The van der Waals surface area contributed by atoms with E-state index in [4.69, 9.17) is 10.5 Å². The minimum atomic E-state index is -0.475. The highest BCUT2D eigenvalue weighted by molar-refractivity contribution is 5.82. The molecule has 5 nitrogen and oxygen atoms in total. The highest BCUT2D eigenvalue weighted by atomic mass is 16.5. The number of amides is 1. The summed E-state index contributed by atoms with van der Waals surface area (Å²) in [5, 5.41) is 9.17. The van der Waals surface area contributed by atoms with Gasteiger partial charge in [-0.05, 0) is 5.92 Å². The van der Waals surface area contributed by atoms with Crippen molar-refractivity contribution in [2.75, 3.05) is 26.4 Å². The zero-order valence-electron chi connectivity index (χ0n) is 10.1. The molecule has 1 aliphatic heterocycles. The lowest BCUT2D eigenvalue weighted by molar-refractivity contribution is -0.144. The molecule has 0 saturated carbocycles. The maximum absolute atomic E-state index is 12.1. The van der Waals surface area contributed by atoms with Crippen molar-refractivity contribution in [3.8, 4) is 0 Å². The molecule has 1 amide bonds. The molecule has 0 radical (unpaired) electrons. The van der Waals surface area contributed by atoms with Crippen molar-refractivity contribution < 1.29 is 14.6 Å². The number of aliphatic hydroxyl groups is 1. The van der Waals surface area contributed by atoms with Crippen LogP contribution in [-0.4, -0.2) is 54.4 Å². The maximum atomic E-state index is 12.1. The smallest absolute Gasteiger partial charge is 0.240 e. The molecule has 0 aliphatic carbocycles. The van der Waals surface area contributed by atoms with E-state index in [9.17, 15) is 9.90 Å². The number of nitrogens with zero attached hydrogens (tertiary/aromatic N) is 1. The average Bonchev–Trinajstić information content (AvgIpc) is 2.35. The van der Waals surface area contributed by atoms with Gasteiger partial charge in [-0.2, -0.15) is 0 Å². The number of carbonyl (C=O) groups excluding carboxylic acids is 1. The number of hydrogen-bond acceptors (Lipinski definition) is 4. The summed E-state index contributed by atoms with van der Waals surface area (Å²) in [4.78, 5) is 13.8. The first kappa shape index (κ1) is 13.4. The first-order chi connectivity index (χ1) is 7.61. The molecule has 94 valence electrons. The molecule has 0 bridgehead atoms. The van der Waals surface area contributed by atoms with Gasteiger partial charge in [-0.25, -0.2) is 0 Å². The number of aliphatic hydroxyl groups excluding tert-OH is 1. The number of nitrogens with two attached hydrogens (primary N) is 1. The lowest BCUT2D eigenvalue weighted by Crippen LogP contribution is -2.56. The fraction of sp³-hybridized carbons (Fsp3) is 0.909. The van der Waals surface area contributed by atoms with E-state index >= 15 is 0 Å². The highest BCUT2D eigenvalue weighted by Crippen LogP contribution is 2.13. The van der Waals surface area contributed by atoms with E-state index < -0.39 is 6.04 Å². The van der Waals surface area contributed by atoms with Gasteiger partial charge in [0.15, 0.2) is 0 Å². The van der Waals surface area contributed by atoms with Crippen LogP contribution in [0.2, 0.25) is 0 Å². The normalized spacial score (nSPS) is 25.2. The van der Waals surface area contributed by atoms with Crippen LogP contribution in [0.25, 0.3) is 0 Å². The second-order valence-corrected chi connectivity index (χ2v) is 4.35. The van der Waals surface area contributed by atoms with Gasteiger partial charge in [0.2, 0.25) is 5.91 Å². The summed E-state index contributed by atoms with van der Waals surface area (Å²) in [6.07, 6.45) is 0.876. The topological polar surface area (TPSA) is 75.8 Å². The minimum absolute atomic E-state index is 0.0705. The lowest BCUT2D eigenvalue weighted by Gasteiger charge is -2.37. The van der Waals surface area contributed by atoms with Crippen LogP contribution >= 0.6 is 0 Å². The van der Waals surface area contributed by atoms with Crippen LogP contribution in [-0.2, 0) is 9.53 Å². The molecule has 0 aromatic heterocycles. The molecule has 0 aromatic rings. The van der Waals surface area contributed by atoms with Crippen LogP contribution in [0.15, 0.2) is 0 Å². The van der Waals surface area contributed by atoms with Gasteiger partial charge in [-0.15, -0.1) is 0 Å². The average molecular weight is 230 g/mol. The zero-order valence-corrected chi connectivity index (χ0v) is 10.1. The summed E-state index contributed by atoms with van der Waals surface area (Å²) >= 11 is 0. The van der Waals surface area contributed by atoms with E-state index in [1.807, 2.05) is 13.8 Å². The van der Waals surface area contributed by atoms with E-state index in [2.05, 4.69) is 0 Å². The van der Waals surface area contributed by atoms with Gasteiger partial charge >= 0.3 is 0 Å². The second kappa shape index (κ2) is 6.18. The van der Waals surface area contributed by atoms with Crippen molar-refractivity contribution in [1.82, 2.24) is 4.90 Å². The Morgan fingerprint density at radius 3 is 2.94 bits per heavy atom. The Morgan fingerprint density at radius 2 is 2.38 bits per heavy atom. The standard InChI is InChI=1S/C11H22N2O3/c1-3-8(2)10(12)11(15)13-4-5-16-7-9(13)6-14/h8-10,14H,3-7,12H2,1-2H3. The monoisotopic (exact) mass is 230 g/mol. The van der Waals surface area contributed by atoms with Crippen molar-refractivity contribution >= 4 is 5.91 Å². The summed E-state index contributed by atoms with van der Waals surface area (Å²) in [5.41, 5.74) is 5.91. The summed E-state index contributed by atoms with van der Waals surface area (Å²) in [6, 6.07) is -0.714. The Hall–Kier alpha value is -0.650.